The van der Waals surface area contributed by atoms with Gasteiger partial charge in [-0.25, -0.2) is 0 Å². The van der Waals surface area contributed by atoms with Crippen molar-refractivity contribution in [3.8, 4) is 11.8 Å². The van der Waals surface area contributed by atoms with Crippen LogP contribution in [0.15, 0.2) is 24.3 Å². The van der Waals surface area contributed by atoms with Crippen LogP contribution >= 0.6 is 0 Å². The van der Waals surface area contributed by atoms with Crippen LogP contribution < -0.4 is 0 Å². The molecule has 1 aromatic rings. The lowest BCUT2D eigenvalue weighted by Crippen LogP contribution is -2.35. The van der Waals surface area contributed by atoms with Crippen molar-refractivity contribution in [2.45, 2.75) is 123 Å². The standard InChI is InChI=1S/C30H46O/c1-4-9-24(3)30(21-7-6-8-22-30)23-29(31)20-15-26-13-18-28(19-14-26)27-16-11-25(10-5-2)12-17-27/h13-14,18-19,24-25,27,29,31H,4-12,16-17,21-23H2,1-3H3/t24?,25-,27-,29?. The molecule has 2 aliphatic rings. The van der Waals surface area contributed by atoms with Gasteiger partial charge < -0.3 is 5.11 Å². The molecule has 0 aliphatic heterocycles. The van der Waals surface area contributed by atoms with Gasteiger partial charge in [-0.3, -0.25) is 0 Å². The first-order chi connectivity index (χ1) is 15.1. The van der Waals surface area contributed by atoms with Gasteiger partial charge in [0.25, 0.3) is 0 Å². The van der Waals surface area contributed by atoms with Crippen molar-refractivity contribution in [3.05, 3.63) is 35.4 Å². The predicted molar refractivity (Wildman–Crippen MR) is 133 cm³/mol. The molecule has 172 valence electrons. The molecule has 2 unspecified atom stereocenters. The van der Waals surface area contributed by atoms with Crippen LogP contribution in [0.3, 0.4) is 0 Å². The van der Waals surface area contributed by atoms with Gasteiger partial charge >= 0.3 is 0 Å². The van der Waals surface area contributed by atoms with Gasteiger partial charge in [-0.2, -0.15) is 0 Å². The number of rotatable bonds is 8. The molecule has 2 atom stereocenters. The lowest BCUT2D eigenvalue weighted by molar-refractivity contribution is 0.0449. The first kappa shape index (κ1) is 24.4. The average Bonchev–Trinajstić information content (AvgIpc) is 2.80. The Kier molecular flexibility index (Phi) is 9.52. The Morgan fingerprint density at radius 2 is 1.65 bits per heavy atom. The van der Waals surface area contributed by atoms with Gasteiger partial charge in [0.1, 0.15) is 6.10 Å². The summed E-state index contributed by atoms with van der Waals surface area (Å²) in [6, 6.07) is 8.91. The minimum atomic E-state index is -0.508. The molecule has 2 saturated carbocycles. The van der Waals surface area contributed by atoms with E-state index in [0.29, 0.717) is 11.3 Å². The van der Waals surface area contributed by atoms with Crippen LogP contribution in [0, 0.1) is 29.1 Å². The minimum absolute atomic E-state index is 0.294. The van der Waals surface area contributed by atoms with Crippen molar-refractivity contribution in [2.75, 3.05) is 0 Å². The van der Waals surface area contributed by atoms with Crippen LogP contribution in [-0.2, 0) is 0 Å². The number of aliphatic hydroxyl groups excluding tert-OH is 1. The molecule has 1 N–H and O–H groups in total. The zero-order valence-corrected chi connectivity index (χ0v) is 20.5. The summed E-state index contributed by atoms with van der Waals surface area (Å²) in [6.07, 6.45) is 17.6. The highest BCUT2D eigenvalue weighted by Crippen LogP contribution is 2.47. The highest BCUT2D eigenvalue weighted by Gasteiger charge is 2.38. The van der Waals surface area contributed by atoms with E-state index in [9.17, 15) is 5.11 Å². The normalized spacial score (nSPS) is 25.3. The molecule has 3 rings (SSSR count). The molecule has 0 spiro atoms. The fourth-order valence-electron chi connectivity index (χ4n) is 6.53. The van der Waals surface area contributed by atoms with Crippen LogP contribution in [0.2, 0.25) is 0 Å². The molecule has 0 bridgehead atoms. The molecule has 0 saturated heterocycles. The molecule has 1 aromatic carbocycles. The number of aliphatic hydroxyl groups is 1. The van der Waals surface area contributed by atoms with Gasteiger partial charge in [-0.05, 0) is 85.8 Å². The van der Waals surface area contributed by atoms with Gasteiger partial charge in [0.15, 0.2) is 0 Å². The Morgan fingerprint density at radius 3 is 2.26 bits per heavy atom. The molecule has 2 aliphatic carbocycles. The summed E-state index contributed by atoms with van der Waals surface area (Å²) in [5, 5.41) is 10.8. The number of hydrogen-bond acceptors (Lipinski definition) is 1. The summed E-state index contributed by atoms with van der Waals surface area (Å²) < 4.78 is 0. The molecule has 0 aromatic heterocycles. The molecule has 2 fully saturated rings. The van der Waals surface area contributed by atoms with E-state index >= 15 is 0 Å². The molecule has 0 amide bonds. The van der Waals surface area contributed by atoms with E-state index in [4.69, 9.17) is 0 Å². The Bertz CT molecular complexity index is 692. The van der Waals surface area contributed by atoms with E-state index in [2.05, 4.69) is 56.9 Å². The summed E-state index contributed by atoms with van der Waals surface area (Å²) in [5.74, 6) is 8.84. The Balaban J connectivity index is 1.57. The Hall–Kier alpha value is -1.26. The van der Waals surface area contributed by atoms with Crippen molar-refractivity contribution >= 4 is 0 Å². The molecule has 1 heteroatoms. The third-order valence-electron chi connectivity index (χ3n) is 8.53. The zero-order valence-electron chi connectivity index (χ0n) is 20.5. The summed E-state index contributed by atoms with van der Waals surface area (Å²) in [6.45, 7) is 7.00. The minimum Gasteiger partial charge on any atom is -0.380 e. The fraction of sp³-hybridized carbons (Fsp3) is 0.733. The molecular weight excluding hydrogens is 376 g/mol. The second-order valence-corrected chi connectivity index (χ2v) is 10.7. The smallest absolute Gasteiger partial charge is 0.115 e. The second kappa shape index (κ2) is 12.1. The van der Waals surface area contributed by atoms with Crippen LogP contribution in [0.25, 0.3) is 0 Å². The van der Waals surface area contributed by atoms with E-state index in [-0.39, 0.29) is 0 Å². The predicted octanol–water partition coefficient (Wildman–Crippen LogP) is 8.25. The summed E-state index contributed by atoms with van der Waals surface area (Å²) in [4.78, 5) is 0. The lowest BCUT2D eigenvalue weighted by atomic mass is 9.62. The van der Waals surface area contributed by atoms with Gasteiger partial charge in [0.05, 0.1) is 0 Å². The van der Waals surface area contributed by atoms with E-state index in [1.807, 2.05) is 0 Å². The molecule has 0 heterocycles. The Morgan fingerprint density at radius 1 is 0.968 bits per heavy atom. The molecule has 0 radical (unpaired) electrons. The molecule has 31 heavy (non-hydrogen) atoms. The van der Waals surface area contributed by atoms with Gasteiger partial charge in [0, 0.05) is 5.56 Å². The van der Waals surface area contributed by atoms with Gasteiger partial charge in [0.2, 0.25) is 0 Å². The maximum atomic E-state index is 10.8. The third-order valence-corrected chi connectivity index (χ3v) is 8.53. The Labute approximate surface area is 192 Å². The van der Waals surface area contributed by atoms with Crippen LogP contribution in [-0.4, -0.2) is 11.2 Å². The van der Waals surface area contributed by atoms with Crippen molar-refractivity contribution in [1.29, 1.82) is 0 Å². The number of hydrogen-bond donors (Lipinski definition) is 1. The molecule has 1 nitrogen and oxygen atoms in total. The topological polar surface area (TPSA) is 20.2 Å². The first-order valence-electron chi connectivity index (χ1n) is 13.4. The number of benzene rings is 1. The van der Waals surface area contributed by atoms with E-state index in [1.165, 1.54) is 89.0 Å². The zero-order chi connectivity index (χ0) is 22.1. The fourth-order valence-corrected chi connectivity index (χ4v) is 6.53. The van der Waals surface area contributed by atoms with Crippen molar-refractivity contribution in [3.63, 3.8) is 0 Å². The summed E-state index contributed by atoms with van der Waals surface area (Å²) >= 11 is 0. The van der Waals surface area contributed by atoms with Crippen LogP contribution in [0.4, 0.5) is 0 Å². The van der Waals surface area contributed by atoms with Crippen LogP contribution in [0.1, 0.15) is 128 Å². The molecular formula is C30H46O. The summed E-state index contributed by atoms with van der Waals surface area (Å²) in [5.41, 5.74) is 2.82. The quantitative estimate of drug-likeness (QED) is 0.418. The van der Waals surface area contributed by atoms with E-state index < -0.39 is 6.10 Å². The van der Waals surface area contributed by atoms with Crippen molar-refractivity contribution in [2.24, 2.45) is 17.3 Å². The van der Waals surface area contributed by atoms with E-state index in [0.717, 1.165) is 23.8 Å². The second-order valence-electron chi connectivity index (χ2n) is 10.7. The maximum Gasteiger partial charge on any atom is 0.115 e. The van der Waals surface area contributed by atoms with Gasteiger partial charge in [-0.1, -0.05) is 89.7 Å². The highest BCUT2D eigenvalue weighted by molar-refractivity contribution is 5.37. The highest BCUT2D eigenvalue weighted by atomic mass is 16.3. The van der Waals surface area contributed by atoms with Crippen LogP contribution in [0.5, 0.6) is 0 Å². The lowest BCUT2D eigenvalue weighted by Gasteiger charge is -2.43. The van der Waals surface area contributed by atoms with E-state index in [1.54, 1.807) is 0 Å². The summed E-state index contributed by atoms with van der Waals surface area (Å²) in [7, 11) is 0. The van der Waals surface area contributed by atoms with Crippen molar-refractivity contribution in [1.82, 2.24) is 0 Å². The SMILES string of the molecule is CCCC(C)C1(CC(O)C#Cc2ccc([C@H]3CC[C@H](CCC)CC3)cc2)CCCCC1. The third kappa shape index (κ3) is 6.86. The van der Waals surface area contributed by atoms with Gasteiger partial charge in [-0.15, -0.1) is 0 Å². The van der Waals surface area contributed by atoms with Crippen molar-refractivity contribution < 1.29 is 5.11 Å². The average molecular weight is 423 g/mol. The first-order valence-corrected chi connectivity index (χ1v) is 13.4. The maximum absolute atomic E-state index is 10.8. The monoisotopic (exact) mass is 422 g/mol. The largest absolute Gasteiger partial charge is 0.380 e.